The summed E-state index contributed by atoms with van der Waals surface area (Å²) in [5.74, 6) is 0.963. The van der Waals surface area contributed by atoms with Gasteiger partial charge in [0.15, 0.2) is 6.79 Å². The van der Waals surface area contributed by atoms with Gasteiger partial charge in [-0.2, -0.15) is 0 Å². The standard InChI is InChI=1S/C16H20INO3/c1-4-18-15(8-7-14(17)16(18)19)13-6-5-12(9-11(13)2)21-10-20-3/h5-6,8-9,14H,4,7,10H2,1-3H3. The predicted octanol–water partition coefficient (Wildman–Crippen LogP) is 3.37. The Kier molecular flexibility index (Phi) is 5.64. The van der Waals surface area contributed by atoms with E-state index in [0.29, 0.717) is 6.54 Å². The van der Waals surface area contributed by atoms with E-state index in [2.05, 4.69) is 28.7 Å². The second-order valence-electron chi connectivity index (χ2n) is 4.90. The minimum atomic E-state index is 0.0379. The fourth-order valence-electron chi connectivity index (χ4n) is 2.44. The van der Waals surface area contributed by atoms with Gasteiger partial charge >= 0.3 is 0 Å². The number of aryl methyl sites for hydroxylation is 1. The molecule has 1 aromatic carbocycles. The van der Waals surface area contributed by atoms with Gasteiger partial charge in [-0.1, -0.05) is 28.7 Å². The maximum atomic E-state index is 12.3. The maximum absolute atomic E-state index is 12.3. The summed E-state index contributed by atoms with van der Waals surface area (Å²) >= 11 is 2.21. The number of hydrogen-bond acceptors (Lipinski definition) is 3. The van der Waals surface area contributed by atoms with Crippen LogP contribution in [0.3, 0.4) is 0 Å². The number of hydrogen-bond donors (Lipinski definition) is 0. The minimum absolute atomic E-state index is 0.0379. The number of alkyl halides is 1. The Morgan fingerprint density at radius 3 is 2.81 bits per heavy atom. The van der Waals surface area contributed by atoms with Gasteiger partial charge in [0.2, 0.25) is 5.91 Å². The second-order valence-corrected chi connectivity index (χ2v) is 6.41. The predicted molar refractivity (Wildman–Crippen MR) is 91.5 cm³/mol. The maximum Gasteiger partial charge on any atom is 0.240 e. The van der Waals surface area contributed by atoms with Crippen molar-refractivity contribution >= 4 is 34.2 Å². The molecule has 2 rings (SSSR count). The van der Waals surface area contributed by atoms with Gasteiger partial charge < -0.3 is 14.4 Å². The van der Waals surface area contributed by atoms with E-state index in [1.54, 1.807) is 7.11 Å². The van der Waals surface area contributed by atoms with E-state index in [4.69, 9.17) is 9.47 Å². The number of halogens is 1. The highest BCUT2D eigenvalue weighted by molar-refractivity contribution is 14.1. The molecule has 1 unspecified atom stereocenters. The molecule has 0 fully saturated rings. The fraction of sp³-hybridized carbons (Fsp3) is 0.438. The zero-order valence-electron chi connectivity index (χ0n) is 12.6. The first kappa shape index (κ1) is 16.3. The van der Waals surface area contributed by atoms with Gasteiger partial charge in [-0.15, -0.1) is 0 Å². The highest BCUT2D eigenvalue weighted by atomic mass is 127. The lowest BCUT2D eigenvalue weighted by Crippen LogP contribution is -2.38. The van der Waals surface area contributed by atoms with Crippen molar-refractivity contribution in [3.63, 3.8) is 0 Å². The third kappa shape index (κ3) is 3.58. The first-order valence-corrected chi connectivity index (χ1v) is 8.21. The Balaban J connectivity index is 2.30. The van der Waals surface area contributed by atoms with Crippen molar-refractivity contribution in [1.82, 2.24) is 4.90 Å². The normalized spacial score (nSPS) is 18.7. The SMILES string of the molecule is CCN1C(=O)C(I)CC=C1c1ccc(OCOC)cc1C. The molecule has 0 aliphatic carbocycles. The van der Waals surface area contributed by atoms with E-state index < -0.39 is 0 Å². The van der Waals surface area contributed by atoms with Crippen LogP contribution in [0.4, 0.5) is 0 Å². The monoisotopic (exact) mass is 401 g/mol. The van der Waals surface area contributed by atoms with E-state index in [-0.39, 0.29) is 16.6 Å². The van der Waals surface area contributed by atoms with Gasteiger partial charge in [0.1, 0.15) is 5.75 Å². The number of methoxy groups -OCH3 is 1. The molecule has 4 nitrogen and oxygen atoms in total. The molecule has 0 N–H and O–H groups in total. The summed E-state index contributed by atoms with van der Waals surface area (Å²) in [6.07, 6.45) is 2.94. The molecule has 1 aliphatic rings. The lowest BCUT2D eigenvalue weighted by Gasteiger charge is -2.31. The van der Waals surface area contributed by atoms with E-state index in [0.717, 1.165) is 29.0 Å². The number of nitrogens with zero attached hydrogens (tertiary/aromatic N) is 1. The number of benzene rings is 1. The molecular weight excluding hydrogens is 381 g/mol. The van der Waals surface area contributed by atoms with Crippen molar-refractivity contribution in [1.29, 1.82) is 0 Å². The smallest absolute Gasteiger partial charge is 0.240 e. The summed E-state index contributed by atoms with van der Waals surface area (Å²) in [6, 6.07) is 5.90. The van der Waals surface area contributed by atoms with Crippen LogP contribution in [0.15, 0.2) is 24.3 Å². The average Bonchev–Trinajstić information content (AvgIpc) is 2.48. The van der Waals surface area contributed by atoms with Gasteiger partial charge in [-0.05, 0) is 44.0 Å². The Morgan fingerprint density at radius 2 is 2.19 bits per heavy atom. The van der Waals surface area contributed by atoms with Crippen LogP contribution in [0.1, 0.15) is 24.5 Å². The molecule has 0 bridgehead atoms. The number of rotatable bonds is 5. The van der Waals surface area contributed by atoms with Crippen LogP contribution in [-0.4, -0.2) is 35.2 Å². The van der Waals surface area contributed by atoms with E-state index >= 15 is 0 Å². The fourth-order valence-corrected chi connectivity index (χ4v) is 3.03. The molecule has 1 aromatic rings. The first-order valence-electron chi connectivity index (χ1n) is 6.96. The van der Waals surface area contributed by atoms with Crippen LogP contribution >= 0.6 is 22.6 Å². The summed E-state index contributed by atoms with van der Waals surface area (Å²) in [7, 11) is 1.60. The quantitative estimate of drug-likeness (QED) is 0.432. The summed E-state index contributed by atoms with van der Waals surface area (Å²) in [5.41, 5.74) is 3.18. The van der Waals surface area contributed by atoms with Crippen LogP contribution < -0.4 is 4.74 Å². The van der Waals surface area contributed by atoms with Gasteiger partial charge in [0, 0.05) is 24.9 Å². The van der Waals surface area contributed by atoms with E-state index in [1.165, 1.54) is 0 Å². The highest BCUT2D eigenvalue weighted by Crippen LogP contribution is 2.31. The number of allylic oxidation sites excluding steroid dienone is 1. The van der Waals surface area contributed by atoms with Crippen LogP contribution in [0.25, 0.3) is 5.70 Å². The molecule has 0 saturated carbocycles. The highest BCUT2D eigenvalue weighted by Gasteiger charge is 2.28. The lowest BCUT2D eigenvalue weighted by atomic mass is 10.00. The average molecular weight is 401 g/mol. The summed E-state index contributed by atoms with van der Waals surface area (Å²) in [4.78, 5) is 14.2. The topological polar surface area (TPSA) is 38.8 Å². The molecule has 21 heavy (non-hydrogen) atoms. The number of ether oxygens (including phenoxy) is 2. The minimum Gasteiger partial charge on any atom is -0.468 e. The van der Waals surface area contributed by atoms with Crippen molar-refractivity contribution < 1.29 is 14.3 Å². The molecule has 0 spiro atoms. The van der Waals surface area contributed by atoms with Crippen molar-refractivity contribution in [3.8, 4) is 5.75 Å². The molecule has 1 amide bonds. The third-order valence-electron chi connectivity index (χ3n) is 3.48. The number of carbonyl (C=O) groups is 1. The molecular formula is C16H20INO3. The molecule has 1 heterocycles. The first-order chi connectivity index (χ1) is 10.1. The summed E-state index contributed by atoms with van der Waals surface area (Å²) in [6.45, 7) is 4.96. The van der Waals surface area contributed by atoms with Crippen molar-refractivity contribution in [2.24, 2.45) is 0 Å². The third-order valence-corrected chi connectivity index (χ3v) is 4.52. The number of carbonyl (C=O) groups excluding carboxylic acids is 1. The molecule has 0 aromatic heterocycles. The van der Waals surface area contributed by atoms with Crippen molar-refractivity contribution in [2.45, 2.75) is 24.2 Å². The Morgan fingerprint density at radius 1 is 1.43 bits per heavy atom. The summed E-state index contributed by atoms with van der Waals surface area (Å²) in [5, 5.41) is 0. The zero-order valence-corrected chi connectivity index (χ0v) is 14.7. The summed E-state index contributed by atoms with van der Waals surface area (Å²) < 4.78 is 10.4. The molecule has 0 radical (unpaired) electrons. The van der Waals surface area contributed by atoms with Gasteiger partial charge in [0.05, 0.1) is 3.92 Å². The van der Waals surface area contributed by atoms with Gasteiger partial charge in [0.25, 0.3) is 0 Å². The Labute approximate surface area is 139 Å². The molecule has 114 valence electrons. The Bertz CT molecular complexity index is 556. The zero-order chi connectivity index (χ0) is 15.4. The van der Waals surface area contributed by atoms with Crippen LogP contribution in [0.5, 0.6) is 5.75 Å². The number of amides is 1. The van der Waals surface area contributed by atoms with Gasteiger partial charge in [-0.3, -0.25) is 4.79 Å². The molecule has 0 saturated heterocycles. The largest absolute Gasteiger partial charge is 0.468 e. The molecule has 5 heteroatoms. The van der Waals surface area contributed by atoms with Crippen LogP contribution in [-0.2, 0) is 9.53 Å². The lowest BCUT2D eigenvalue weighted by molar-refractivity contribution is -0.127. The van der Waals surface area contributed by atoms with E-state index in [9.17, 15) is 4.79 Å². The second kappa shape index (κ2) is 7.26. The molecule has 1 atom stereocenters. The van der Waals surface area contributed by atoms with E-state index in [1.807, 2.05) is 36.9 Å². The van der Waals surface area contributed by atoms with Crippen molar-refractivity contribution in [3.05, 3.63) is 35.4 Å². The molecule has 1 aliphatic heterocycles. The van der Waals surface area contributed by atoms with Crippen LogP contribution in [0.2, 0.25) is 0 Å². The Hall–Kier alpha value is -1.08. The van der Waals surface area contributed by atoms with Crippen LogP contribution in [0, 0.1) is 6.92 Å². The van der Waals surface area contributed by atoms with Gasteiger partial charge in [-0.25, -0.2) is 0 Å². The van der Waals surface area contributed by atoms with Crippen molar-refractivity contribution in [2.75, 3.05) is 20.4 Å².